The molecule has 3 aromatic rings. The molecule has 28 heavy (non-hydrogen) atoms. The minimum Gasteiger partial charge on any atom is -0.270 e. The van der Waals surface area contributed by atoms with Gasteiger partial charge in [0, 0.05) is 12.5 Å². The zero-order chi connectivity index (χ0) is 20.1. The van der Waals surface area contributed by atoms with Gasteiger partial charge in [0.15, 0.2) is 0 Å². The van der Waals surface area contributed by atoms with Crippen LogP contribution in [0.5, 0.6) is 0 Å². The number of imide groups is 1. The zero-order valence-electron chi connectivity index (χ0n) is 14.7. The van der Waals surface area contributed by atoms with E-state index >= 15 is 0 Å². The van der Waals surface area contributed by atoms with Gasteiger partial charge in [-0.05, 0) is 92.7 Å². The van der Waals surface area contributed by atoms with Crippen LogP contribution in [0.2, 0.25) is 0 Å². The van der Waals surface area contributed by atoms with Gasteiger partial charge in [-0.25, -0.2) is 0 Å². The normalized spacial score (nSPS) is 12.5. The highest BCUT2D eigenvalue weighted by molar-refractivity contribution is 14.1. The lowest BCUT2D eigenvalue weighted by molar-refractivity contribution is 0.0642. The summed E-state index contributed by atoms with van der Waals surface area (Å²) in [6.07, 6.45) is 0. The number of carbonyl (C=O) groups excluding carboxylic acids is 2. The zero-order valence-corrected chi connectivity index (χ0v) is 20.6. The van der Waals surface area contributed by atoms with E-state index in [1.54, 1.807) is 24.3 Å². The van der Waals surface area contributed by atoms with Crippen LogP contribution in [0.25, 0.3) is 0 Å². The van der Waals surface area contributed by atoms with Crippen molar-refractivity contribution >= 4 is 72.9 Å². The Kier molecular flexibility index (Phi) is 7.64. The molecule has 3 nitrogen and oxygen atoms in total. The number of fused-ring (bicyclic) bond motifs is 1. The first-order valence-corrected chi connectivity index (χ1v) is 11.8. The van der Waals surface area contributed by atoms with E-state index in [9.17, 15) is 9.59 Å². The van der Waals surface area contributed by atoms with Gasteiger partial charge in [0.1, 0.15) is 0 Å². The van der Waals surface area contributed by atoms with Crippen LogP contribution in [-0.4, -0.2) is 16.7 Å². The average molecular weight is 660 g/mol. The second-order valence-corrected chi connectivity index (χ2v) is 9.18. The van der Waals surface area contributed by atoms with Gasteiger partial charge in [-0.2, -0.15) is 0 Å². The molecular formula is C22H16BrI2NO2. The van der Waals surface area contributed by atoms with Crippen LogP contribution in [0, 0.1) is 7.14 Å². The molecule has 0 saturated heterocycles. The Morgan fingerprint density at radius 1 is 0.679 bits per heavy atom. The number of nitrogens with zero attached hydrogens (tertiary/aromatic N) is 1. The van der Waals surface area contributed by atoms with E-state index in [0.29, 0.717) is 17.7 Å². The molecule has 1 aliphatic heterocycles. The van der Waals surface area contributed by atoms with Gasteiger partial charge in [-0.1, -0.05) is 52.3 Å². The van der Waals surface area contributed by atoms with Crippen molar-refractivity contribution in [3.63, 3.8) is 0 Å². The van der Waals surface area contributed by atoms with Crippen molar-refractivity contribution in [2.45, 2.75) is 11.9 Å². The lowest BCUT2D eigenvalue weighted by Gasteiger charge is -2.13. The Bertz CT molecular complexity index is 953. The summed E-state index contributed by atoms with van der Waals surface area (Å²) in [6.45, 7) is 0.323. The van der Waals surface area contributed by atoms with Gasteiger partial charge in [0.25, 0.3) is 11.8 Å². The summed E-state index contributed by atoms with van der Waals surface area (Å²) in [7, 11) is 0. The first kappa shape index (κ1) is 21.4. The third-order valence-corrected chi connectivity index (χ3v) is 6.29. The molecule has 2 amide bonds. The van der Waals surface area contributed by atoms with E-state index in [-0.39, 0.29) is 11.8 Å². The number of alkyl halides is 1. The maximum atomic E-state index is 12.2. The Hall–Kier alpha value is -1.26. The van der Waals surface area contributed by atoms with Crippen molar-refractivity contribution < 1.29 is 9.59 Å². The van der Waals surface area contributed by atoms with Gasteiger partial charge >= 0.3 is 0 Å². The molecule has 0 aromatic heterocycles. The van der Waals surface area contributed by atoms with Crippen LogP contribution >= 0.6 is 61.1 Å². The Morgan fingerprint density at radius 2 is 1.11 bits per heavy atom. The highest BCUT2D eigenvalue weighted by Crippen LogP contribution is 2.24. The number of halogens is 3. The summed E-state index contributed by atoms with van der Waals surface area (Å²) < 4.78 is 2.42. The quantitative estimate of drug-likeness (QED) is 0.189. The first-order valence-electron chi connectivity index (χ1n) is 8.49. The van der Waals surface area contributed by atoms with E-state index < -0.39 is 0 Å². The molecule has 1 aliphatic rings. The van der Waals surface area contributed by atoms with Crippen molar-refractivity contribution in [1.82, 2.24) is 4.90 Å². The minimum atomic E-state index is -0.209. The fourth-order valence-corrected chi connectivity index (χ4v) is 3.82. The Labute approximate surface area is 199 Å². The smallest absolute Gasteiger partial charge is 0.261 e. The standard InChI is InChI=1S/C15H10INO2.C7H6BrI/c16-11-7-5-10(6-8-11)9-17-14(18)12-3-1-2-4-13(12)15(17)19;8-5-6-1-3-7(9)4-2-6/h1-8H,9H2;1-4H,5H2. The fourth-order valence-electron chi connectivity index (χ4n) is 2.73. The van der Waals surface area contributed by atoms with E-state index in [2.05, 4.69) is 85.4 Å². The second kappa shape index (κ2) is 9.98. The minimum absolute atomic E-state index is 0.209. The SMILES string of the molecule is BrCc1ccc(I)cc1.O=C1c2ccccc2C(=O)N1Cc1ccc(I)cc1. The lowest BCUT2D eigenvalue weighted by Crippen LogP contribution is -2.29. The molecule has 0 spiro atoms. The monoisotopic (exact) mass is 659 g/mol. The lowest BCUT2D eigenvalue weighted by atomic mass is 10.1. The molecule has 0 N–H and O–H groups in total. The molecule has 0 fully saturated rings. The van der Waals surface area contributed by atoms with E-state index in [4.69, 9.17) is 0 Å². The first-order chi connectivity index (χ1) is 13.5. The molecule has 142 valence electrons. The van der Waals surface area contributed by atoms with E-state index in [0.717, 1.165) is 14.5 Å². The number of carbonyl (C=O) groups is 2. The van der Waals surface area contributed by atoms with Crippen LogP contribution in [0.15, 0.2) is 72.8 Å². The predicted octanol–water partition coefficient (Wildman–Crippen LogP) is 6.27. The third kappa shape index (κ3) is 5.21. The molecule has 0 unspecified atom stereocenters. The van der Waals surface area contributed by atoms with Gasteiger partial charge < -0.3 is 0 Å². The highest BCUT2D eigenvalue weighted by Gasteiger charge is 2.34. The van der Waals surface area contributed by atoms with Crippen molar-refractivity contribution in [3.05, 3.63) is 102 Å². The molecule has 0 atom stereocenters. The molecule has 0 aliphatic carbocycles. The van der Waals surface area contributed by atoms with Gasteiger partial charge in [-0.15, -0.1) is 0 Å². The maximum absolute atomic E-state index is 12.2. The maximum Gasteiger partial charge on any atom is 0.261 e. The van der Waals surface area contributed by atoms with Crippen LogP contribution in [-0.2, 0) is 11.9 Å². The summed E-state index contributed by atoms with van der Waals surface area (Å²) in [5.41, 5.74) is 3.28. The largest absolute Gasteiger partial charge is 0.270 e. The van der Waals surface area contributed by atoms with Crippen LogP contribution in [0.4, 0.5) is 0 Å². The van der Waals surface area contributed by atoms with Crippen LogP contribution in [0.1, 0.15) is 31.8 Å². The van der Waals surface area contributed by atoms with Crippen molar-refractivity contribution in [1.29, 1.82) is 0 Å². The topological polar surface area (TPSA) is 37.4 Å². The molecule has 6 heteroatoms. The van der Waals surface area contributed by atoms with Gasteiger partial charge in [-0.3, -0.25) is 14.5 Å². The van der Waals surface area contributed by atoms with Crippen molar-refractivity contribution in [3.8, 4) is 0 Å². The predicted molar refractivity (Wildman–Crippen MR) is 132 cm³/mol. The number of rotatable bonds is 3. The van der Waals surface area contributed by atoms with Crippen LogP contribution in [0.3, 0.4) is 0 Å². The molecule has 3 aromatic carbocycles. The molecule has 0 bridgehead atoms. The molecular weight excluding hydrogens is 644 g/mol. The summed E-state index contributed by atoms with van der Waals surface area (Å²) in [5, 5.41) is 0.948. The summed E-state index contributed by atoms with van der Waals surface area (Å²) in [4.78, 5) is 25.7. The number of hydrogen-bond acceptors (Lipinski definition) is 2. The number of amides is 2. The molecule has 0 radical (unpaired) electrons. The average Bonchev–Trinajstić information content (AvgIpc) is 2.96. The summed E-state index contributed by atoms with van der Waals surface area (Å²) >= 11 is 7.90. The molecule has 4 rings (SSSR count). The molecule has 1 heterocycles. The number of hydrogen-bond donors (Lipinski definition) is 0. The van der Waals surface area contributed by atoms with Gasteiger partial charge in [0.05, 0.1) is 17.7 Å². The van der Waals surface area contributed by atoms with Crippen LogP contribution < -0.4 is 0 Å². The van der Waals surface area contributed by atoms with E-state index in [1.165, 1.54) is 14.0 Å². The fraction of sp³-hybridized carbons (Fsp3) is 0.0909. The Balaban J connectivity index is 0.000000211. The number of benzene rings is 3. The third-order valence-electron chi connectivity index (χ3n) is 4.20. The highest BCUT2D eigenvalue weighted by atomic mass is 127. The van der Waals surface area contributed by atoms with Crippen molar-refractivity contribution in [2.24, 2.45) is 0 Å². The summed E-state index contributed by atoms with van der Waals surface area (Å²) in [6, 6.07) is 23.2. The Morgan fingerprint density at radius 3 is 1.54 bits per heavy atom. The van der Waals surface area contributed by atoms with Gasteiger partial charge in [0.2, 0.25) is 0 Å². The van der Waals surface area contributed by atoms with Crippen molar-refractivity contribution in [2.75, 3.05) is 0 Å². The van der Waals surface area contributed by atoms with E-state index in [1.807, 2.05) is 24.3 Å². The molecule has 0 saturated carbocycles. The second-order valence-electron chi connectivity index (χ2n) is 6.13. The summed E-state index contributed by atoms with van der Waals surface area (Å²) in [5.74, 6) is -0.418.